The summed E-state index contributed by atoms with van der Waals surface area (Å²) in [7, 11) is 1.55. The molecule has 0 amide bonds. The minimum atomic E-state index is -1.16. The first-order valence-corrected chi connectivity index (χ1v) is 2.73. The molecule has 1 heterocycles. The van der Waals surface area contributed by atoms with E-state index in [-0.39, 0.29) is 51.4 Å². The van der Waals surface area contributed by atoms with E-state index >= 15 is 0 Å². The maximum Gasteiger partial charge on any atom is 1.00 e. The van der Waals surface area contributed by atoms with Crippen LogP contribution in [0, 0.1) is 0 Å². The van der Waals surface area contributed by atoms with Crippen molar-refractivity contribution >= 4 is 5.97 Å². The number of nitrogens with zero attached hydrogens (tertiary/aromatic N) is 1. The first kappa shape index (κ1) is 11.6. The third-order valence-electron chi connectivity index (χ3n) is 1.18. The molecule has 0 aromatic rings. The number of nitrogens with one attached hydrogen (secondary N) is 1. The molecule has 6 heteroatoms. The van der Waals surface area contributed by atoms with Gasteiger partial charge in [-0.1, -0.05) is 5.59 Å². The number of carboxylic acids is 1. The van der Waals surface area contributed by atoms with E-state index in [0.29, 0.717) is 0 Å². The van der Waals surface area contributed by atoms with Gasteiger partial charge in [-0.3, -0.25) is 0 Å². The normalized spacial score (nSPS) is 23.5. The van der Waals surface area contributed by atoms with Gasteiger partial charge in [0.2, 0.25) is 0 Å². The second kappa shape index (κ2) is 5.25. The van der Waals surface area contributed by atoms with Gasteiger partial charge < -0.3 is 14.7 Å². The van der Waals surface area contributed by atoms with E-state index in [9.17, 15) is 9.90 Å². The molecule has 0 radical (unpaired) electrons. The van der Waals surface area contributed by atoms with Gasteiger partial charge >= 0.3 is 51.4 Å². The summed E-state index contributed by atoms with van der Waals surface area (Å²) in [5.74, 6) is -1.16. The van der Waals surface area contributed by atoms with Gasteiger partial charge in [-0.05, 0) is 6.08 Å². The Balaban J connectivity index is 0.000001000. The van der Waals surface area contributed by atoms with Crippen molar-refractivity contribution in [1.82, 2.24) is 10.6 Å². The number of aliphatic carboxylic acids is 1. The van der Waals surface area contributed by atoms with Crippen molar-refractivity contribution in [3.8, 4) is 0 Å². The molecule has 1 aliphatic rings. The predicted molar refractivity (Wildman–Crippen MR) is 29.9 cm³/mol. The van der Waals surface area contributed by atoms with Gasteiger partial charge in [0, 0.05) is 7.05 Å². The molecule has 0 aliphatic carbocycles. The average molecular weight is 182 g/mol. The number of hydrazine groups is 1. The third-order valence-corrected chi connectivity index (χ3v) is 1.18. The van der Waals surface area contributed by atoms with E-state index in [4.69, 9.17) is 0 Å². The number of likely N-dealkylation sites (N-methyl/N-ethyl adjacent to an activating group) is 1. The van der Waals surface area contributed by atoms with Crippen LogP contribution in [0.1, 0.15) is 0 Å². The van der Waals surface area contributed by atoms with Crippen LogP contribution < -0.4 is 62.1 Å². The Morgan fingerprint density at radius 2 is 2.45 bits per heavy atom. The van der Waals surface area contributed by atoms with Gasteiger partial charge in [-0.25, -0.2) is 5.01 Å². The van der Waals surface area contributed by atoms with Crippen LogP contribution in [0.15, 0.2) is 12.3 Å². The minimum absolute atomic E-state index is 0. The smallest absolute Gasteiger partial charge is 0.548 e. The number of rotatable bonds is 1. The largest absolute Gasteiger partial charge is 1.00 e. The van der Waals surface area contributed by atoms with Gasteiger partial charge in [0.15, 0.2) is 0 Å². The Kier molecular flexibility index (Phi) is 5.52. The van der Waals surface area contributed by atoms with Gasteiger partial charge in [0.25, 0.3) is 0 Å². The molecule has 11 heavy (non-hydrogen) atoms. The summed E-state index contributed by atoms with van der Waals surface area (Å²) < 4.78 is 0. The fraction of sp³-hybridized carbons (Fsp3) is 0.400. The predicted octanol–water partition coefficient (Wildman–Crippen LogP) is -5.00. The molecule has 0 spiro atoms. The SMILES string of the molecule is CN1NOC=CC1C(=O)[O-].[K+]. The maximum atomic E-state index is 10.3. The summed E-state index contributed by atoms with van der Waals surface area (Å²) in [4.78, 5) is 14.8. The van der Waals surface area contributed by atoms with Crippen LogP contribution in [0.5, 0.6) is 0 Å². The number of carbonyl (C=O) groups is 1. The molecular weight excluding hydrogens is 175 g/mol. The topological polar surface area (TPSA) is 64.6 Å². The van der Waals surface area contributed by atoms with Crippen molar-refractivity contribution in [3.05, 3.63) is 12.3 Å². The fourth-order valence-electron chi connectivity index (χ4n) is 0.650. The molecule has 5 nitrogen and oxygen atoms in total. The zero-order valence-corrected chi connectivity index (χ0v) is 9.53. The summed E-state index contributed by atoms with van der Waals surface area (Å²) in [5, 5.41) is 11.6. The van der Waals surface area contributed by atoms with Crippen LogP contribution in [0.4, 0.5) is 0 Å². The zero-order valence-electron chi connectivity index (χ0n) is 6.40. The van der Waals surface area contributed by atoms with E-state index in [1.54, 1.807) is 7.05 Å². The molecule has 56 valence electrons. The fourth-order valence-corrected chi connectivity index (χ4v) is 0.650. The number of hydrogen-bond acceptors (Lipinski definition) is 5. The van der Waals surface area contributed by atoms with E-state index in [1.165, 1.54) is 17.3 Å². The molecule has 0 saturated heterocycles. The van der Waals surface area contributed by atoms with Gasteiger partial charge in [-0.15, -0.1) is 0 Å². The second-order valence-corrected chi connectivity index (χ2v) is 1.91. The number of hydrogen-bond donors (Lipinski definition) is 1. The van der Waals surface area contributed by atoms with Crippen LogP contribution >= 0.6 is 0 Å². The van der Waals surface area contributed by atoms with Crippen LogP contribution in [-0.2, 0) is 9.63 Å². The van der Waals surface area contributed by atoms with Gasteiger partial charge in [0.05, 0.1) is 12.0 Å². The summed E-state index contributed by atoms with van der Waals surface area (Å²) in [5.41, 5.74) is 2.34. The molecular formula is C5H7KN2O3. The van der Waals surface area contributed by atoms with Crippen LogP contribution in [-0.4, -0.2) is 24.1 Å². The summed E-state index contributed by atoms with van der Waals surface area (Å²) in [6.07, 6.45) is 2.65. The Morgan fingerprint density at radius 1 is 1.82 bits per heavy atom. The number of carbonyl (C=O) groups excluding carboxylic acids is 1. The molecule has 1 atom stereocenters. The molecule has 0 fully saturated rings. The van der Waals surface area contributed by atoms with E-state index in [1.807, 2.05) is 0 Å². The van der Waals surface area contributed by atoms with Crippen molar-refractivity contribution < 1.29 is 66.1 Å². The molecule has 0 saturated carbocycles. The van der Waals surface area contributed by atoms with E-state index < -0.39 is 12.0 Å². The molecule has 0 aromatic carbocycles. The first-order valence-electron chi connectivity index (χ1n) is 2.73. The molecule has 1 aliphatic heterocycles. The summed E-state index contributed by atoms with van der Waals surface area (Å²) in [6.45, 7) is 0. The average Bonchev–Trinajstić information content (AvgIpc) is 1.88. The van der Waals surface area contributed by atoms with Crippen molar-refractivity contribution in [2.24, 2.45) is 0 Å². The van der Waals surface area contributed by atoms with Crippen molar-refractivity contribution in [2.75, 3.05) is 7.05 Å². The minimum Gasteiger partial charge on any atom is -0.548 e. The molecule has 1 N–H and O–H groups in total. The third kappa shape index (κ3) is 3.20. The Labute approximate surface area is 107 Å². The standard InChI is InChI=1S/C5H8N2O3.K/c1-7-4(5(8)9)2-3-10-6-7;/h2-4,6H,1H3,(H,8,9);/q;+1/p-1. The first-order chi connectivity index (χ1) is 4.72. The van der Waals surface area contributed by atoms with E-state index in [2.05, 4.69) is 10.4 Å². The molecule has 0 bridgehead atoms. The van der Waals surface area contributed by atoms with Crippen molar-refractivity contribution in [3.63, 3.8) is 0 Å². The quantitative estimate of drug-likeness (QED) is 0.411. The summed E-state index contributed by atoms with van der Waals surface area (Å²) in [6, 6.07) is -0.756. The van der Waals surface area contributed by atoms with E-state index in [0.717, 1.165) is 0 Å². The summed E-state index contributed by atoms with van der Waals surface area (Å²) >= 11 is 0. The van der Waals surface area contributed by atoms with Crippen LogP contribution in [0.3, 0.4) is 0 Å². The molecule has 0 aromatic heterocycles. The number of carboxylic acid groups (broad SMARTS) is 1. The van der Waals surface area contributed by atoms with Gasteiger partial charge in [-0.2, -0.15) is 0 Å². The second-order valence-electron chi connectivity index (χ2n) is 1.91. The zero-order chi connectivity index (χ0) is 7.56. The Hall–Kier alpha value is 0.566. The van der Waals surface area contributed by atoms with Gasteiger partial charge in [0.1, 0.15) is 6.26 Å². The van der Waals surface area contributed by atoms with Crippen molar-refractivity contribution in [1.29, 1.82) is 0 Å². The van der Waals surface area contributed by atoms with Crippen LogP contribution in [0.2, 0.25) is 0 Å². The van der Waals surface area contributed by atoms with Crippen molar-refractivity contribution in [2.45, 2.75) is 6.04 Å². The molecule has 1 unspecified atom stereocenters. The Morgan fingerprint density at radius 3 is 2.82 bits per heavy atom. The Bertz CT molecular complexity index is 173. The maximum absolute atomic E-state index is 10.3. The van der Waals surface area contributed by atoms with Crippen LogP contribution in [0.25, 0.3) is 0 Å². The molecule has 1 rings (SSSR count). The monoisotopic (exact) mass is 182 g/mol.